The van der Waals surface area contributed by atoms with Crippen molar-refractivity contribution in [2.75, 3.05) is 0 Å². The minimum absolute atomic E-state index is 0.143. The van der Waals surface area contributed by atoms with E-state index >= 15 is 0 Å². The lowest BCUT2D eigenvalue weighted by Gasteiger charge is -2.06. The van der Waals surface area contributed by atoms with Gasteiger partial charge in [0.1, 0.15) is 13.2 Å². The highest BCUT2D eigenvalue weighted by Crippen LogP contribution is 2.08. The standard InChI is InChI=1S/C21H22O4/c1-17(14-21(23)25-16-19-10-6-3-7-11-19)12-13-20(22)24-15-18-8-4-2-5-9-18/h2-12H,13-16H2,1H3/b17-12+. The van der Waals surface area contributed by atoms with Crippen molar-refractivity contribution < 1.29 is 19.1 Å². The van der Waals surface area contributed by atoms with Gasteiger partial charge in [0.05, 0.1) is 12.8 Å². The molecule has 0 unspecified atom stereocenters. The van der Waals surface area contributed by atoms with Crippen LogP contribution in [0.5, 0.6) is 0 Å². The third kappa shape index (κ3) is 7.48. The Hall–Kier alpha value is -2.88. The SMILES string of the molecule is C/C(=C\CC(=O)OCc1ccccc1)CC(=O)OCc1ccccc1. The number of hydrogen-bond donors (Lipinski definition) is 0. The van der Waals surface area contributed by atoms with Gasteiger partial charge in [-0.15, -0.1) is 0 Å². The van der Waals surface area contributed by atoms with Gasteiger partial charge >= 0.3 is 11.9 Å². The summed E-state index contributed by atoms with van der Waals surface area (Å²) in [6.45, 7) is 2.31. The van der Waals surface area contributed by atoms with Crippen LogP contribution in [0.15, 0.2) is 72.3 Å². The molecule has 2 aromatic carbocycles. The Labute approximate surface area is 148 Å². The van der Waals surface area contributed by atoms with Crippen molar-refractivity contribution in [1.29, 1.82) is 0 Å². The molecule has 2 aromatic rings. The third-order valence-corrected chi connectivity index (χ3v) is 3.53. The van der Waals surface area contributed by atoms with Crippen LogP contribution >= 0.6 is 0 Å². The van der Waals surface area contributed by atoms with Crippen molar-refractivity contribution in [1.82, 2.24) is 0 Å². The van der Waals surface area contributed by atoms with E-state index in [0.717, 1.165) is 16.7 Å². The number of hydrogen-bond acceptors (Lipinski definition) is 4. The molecular weight excluding hydrogens is 316 g/mol. The summed E-state index contributed by atoms with van der Waals surface area (Å²) in [6.07, 6.45) is 2.01. The van der Waals surface area contributed by atoms with Gasteiger partial charge in [0, 0.05) is 0 Å². The Morgan fingerprint density at radius 2 is 1.28 bits per heavy atom. The minimum atomic E-state index is -0.319. The molecule has 0 aromatic heterocycles. The molecule has 4 heteroatoms. The summed E-state index contributed by atoms with van der Waals surface area (Å²) in [7, 11) is 0. The van der Waals surface area contributed by atoms with Gasteiger partial charge in [-0.1, -0.05) is 72.3 Å². The molecule has 0 aliphatic rings. The van der Waals surface area contributed by atoms with E-state index < -0.39 is 0 Å². The van der Waals surface area contributed by atoms with Crippen LogP contribution in [0.25, 0.3) is 0 Å². The normalized spacial score (nSPS) is 11.0. The lowest BCUT2D eigenvalue weighted by molar-refractivity contribution is -0.145. The summed E-state index contributed by atoms with van der Waals surface area (Å²) in [5.74, 6) is -0.629. The van der Waals surface area contributed by atoms with Crippen molar-refractivity contribution in [2.24, 2.45) is 0 Å². The first-order chi connectivity index (χ1) is 12.1. The molecular formula is C21H22O4. The van der Waals surface area contributed by atoms with Gasteiger partial charge < -0.3 is 9.47 Å². The molecule has 0 aliphatic heterocycles. The quantitative estimate of drug-likeness (QED) is 0.535. The lowest BCUT2D eigenvalue weighted by Crippen LogP contribution is -2.06. The highest BCUT2D eigenvalue weighted by molar-refractivity contribution is 5.74. The Kier molecular flexibility index (Phi) is 7.44. The first-order valence-corrected chi connectivity index (χ1v) is 8.18. The molecule has 2 rings (SSSR count). The molecule has 0 bridgehead atoms. The van der Waals surface area contributed by atoms with Gasteiger partial charge in [0.25, 0.3) is 0 Å². The van der Waals surface area contributed by atoms with Crippen molar-refractivity contribution in [3.05, 3.63) is 83.4 Å². The molecule has 0 saturated carbocycles. The molecule has 0 radical (unpaired) electrons. The zero-order valence-corrected chi connectivity index (χ0v) is 14.3. The van der Waals surface area contributed by atoms with Crippen LogP contribution in [0, 0.1) is 0 Å². The average molecular weight is 338 g/mol. The Bertz CT molecular complexity index is 705. The summed E-state index contributed by atoms with van der Waals surface area (Å²) < 4.78 is 10.4. The summed E-state index contributed by atoms with van der Waals surface area (Å²) in [6, 6.07) is 19.0. The fraction of sp³-hybridized carbons (Fsp3) is 0.238. The highest BCUT2D eigenvalue weighted by Gasteiger charge is 2.06. The molecule has 0 amide bonds. The molecule has 0 fully saturated rings. The zero-order chi connectivity index (χ0) is 17.9. The van der Waals surface area contributed by atoms with Crippen LogP contribution in [0.3, 0.4) is 0 Å². The van der Waals surface area contributed by atoms with E-state index in [-0.39, 0.29) is 38.0 Å². The largest absolute Gasteiger partial charge is 0.461 e. The van der Waals surface area contributed by atoms with Crippen molar-refractivity contribution in [2.45, 2.75) is 33.0 Å². The molecule has 0 heterocycles. The van der Waals surface area contributed by atoms with Crippen molar-refractivity contribution in [3.8, 4) is 0 Å². The monoisotopic (exact) mass is 338 g/mol. The summed E-state index contributed by atoms with van der Waals surface area (Å²) >= 11 is 0. The van der Waals surface area contributed by atoms with Crippen molar-refractivity contribution in [3.63, 3.8) is 0 Å². The van der Waals surface area contributed by atoms with E-state index in [4.69, 9.17) is 9.47 Å². The smallest absolute Gasteiger partial charge is 0.310 e. The second-order valence-corrected chi connectivity index (χ2v) is 5.72. The van der Waals surface area contributed by atoms with Gasteiger partial charge in [-0.2, -0.15) is 0 Å². The summed E-state index contributed by atoms with van der Waals surface area (Å²) in [4.78, 5) is 23.5. The third-order valence-electron chi connectivity index (χ3n) is 3.53. The molecule has 0 aliphatic carbocycles. The van der Waals surface area contributed by atoms with Crippen LogP contribution in [0.1, 0.15) is 30.9 Å². The van der Waals surface area contributed by atoms with E-state index in [0.29, 0.717) is 0 Å². The number of rotatable bonds is 8. The molecule has 0 saturated heterocycles. The van der Waals surface area contributed by atoms with Crippen molar-refractivity contribution >= 4 is 11.9 Å². The fourth-order valence-corrected chi connectivity index (χ4v) is 2.14. The molecule has 0 N–H and O–H groups in total. The van der Waals surface area contributed by atoms with E-state index in [2.05, 4.69) is 0 Å². The highest BCUT2D eigenvalue weighted by atomic mass is 16.5. The predicted molar refractivity (Wildman–Crippen MR) is 95.5 cm³/mol. The molecule has 0 atom stereocenters. The number of carbonyl (C=O) groups excluding carboxylic acids is 2. The topological polar surface area (TPSA) is 52.6 Å². The van der Waals surface area contributed by atoms with Gasteiger partial charge in [-0.3, -0.25) is 9.59 Å². The predicted octanol–water partition coefficient (Wildman–Crippen LogP) is 4.20. The number of carbonyl (C=O) groups is 2. The Morgan fingerprint density at radius 3 is 1.80 bits per heavy atom. The second-order valence-electron chi connectivity index (χ2n) is 5.72. The summed E-state index contributed by atoms with van der Waals surface area (Å²) in [5.41, 5.74) is 2.68. The van der Waals surface area contributed by atoms with E-state index in [1.165, 1.54) is 0 Å². The number of benzene rings is 2. The van der Waals surface area contributed by atoms with Crippen LogP contribution in [-0.4, -0.2) is 11.9 Å². The lowest BCUT2D eigenvalue weighted by atomic mass is 10.2. The average Bonchev–Trinajstić information content (AvgIpc) is 2.65. The molecule has 4 nitrogen and oxygen atoms in total. The van der Waals surface area contributed by atoms with Crippen LogP contribution in [-0.2, 0) is 32.3 Å². The van der Waals surface area contributed by atoms with E-state index in [1.807, 2.05) is 60.7 Å². The van der Waals surface area contributed by atoms with Crippen LogP contribution in [0.4, 0.5) is 0 Å². The van der Waals surface area contributed by atoms with Gasteiger partial charge in [0.2, 0.25) is 0 Å². The molecule has 130 valence electrons. The van der Waals surface area contributed by atoms with Crippen LogP contribution in [0.2, 0.25) is 0 Å². The maximum Gasteiger partial charge on any atom is 0.310 e. The second kappa shape index (κ2) is 10.1. The minimum Gasteiger partial charge on any atom is -0.461 e. The number of ether oxygens (including phenoxy) is 2. The molecule has 0 spiro atoms. The van der Waals surface area contributed by atoms with E-state index in [1.54, 1.807) is 13.0 Å². The zero-order valence-electron chi connectivity index (χ0n) is 14.3. The molecule has 25 heavy (non-hydrogen) atoms. The maximum atomic E-state index is 11.8. The van der Waals surface area contributed by atoms with Gasteiger partial charge in [-0.25, -0.2) is 0 Å². The fourth-order valence-electron chi connectivity index (χ4n) is 2.14. The Morgan fingerprint density at radius 1 is 0.800 bits per heavy atom. The Balaban J connectivity index is 1.67. The van der Waals surface area contributed by atoms with Gasteiger partial charge in [-0.05, 0) is 18.1 Å². The van der Waals surface area contributed by atoms with Crippen LogP contribution < -0.4 is 0 Å². The first kappa shape index (κ1) is 18.5. The van der Waals surface area contributed by atoms with Gasteiger partial charge in [0.15, 0.2) is 0 Å². The maximum absolute atomic E-state index is 11.8. The van der Waals surface area contributed by atoms with E-state index in [9.17, 15) is 9.59 Å². The first-order valence-electron chi connectivity index (χ1n) is 8.18. The summed E-state index contributed by atoms with van der Waals surface area (Å²) in [5, 5.41) is 0. The number of esters is 2.